The molecule has 98 valence electrons. The van der Waals surface area contributed by atoms with Crippen LogP contribution >= 0.6 is 15.9 Å². The Bertz CT molecular complexity index is 513. The zero-order chi connectivity index (χ0) is 13.5. The molecular weight excluding hydrogens is 310 g/mol. The minimum atomic E-state index is -0.994. The van der Waals surface area contributed by atoms with E-state index < -0.39 is 28.8 Å². The fraction of sp³-hybridized carbons (Fsp3) is 0.417. The van der Waals surface area contributed by atoms with Crippen LogP contribution in [0.1, 0.15) is 24.8 Å². The number of halogens is 3. The molecule has 1 fully saturated rings. The van der Waals surface area contributed by atoms with Crippen molar-refractivity contribution < 1.29 is 23.4 Å². The topological polar surface area (TPSA) is 46.5 Å². The van der Waals surface area contributed by atoms with E-state index in [9.17, 15) is 13.6 Å². The zero-order valence-corrected chi connectivity index (χ0v) is 11.2. The summed E-state index contributed by atoms with van der Waals surface area (Å²) >= 11 is 2.99. The van der Waals surface area contributed by atoms with Crippen LogP contribution in [0.25, 0.3) is 0 Å². The summed E-state index contributed by atoms with van der Waals surface area (Å²) in [5, 5.41) is 8.85. The van der Waals surface area contributed by atoms with E-state index in [2.05, 4.69) is 15.9 Å². The highest BCUT2D eigenvalue weighted by atomic mass is 79.9. The monoisotopic (exact) mass is 320 g/mol. The average Bonchev–Trinajstić information content (AvgIpc) is 3.04. The Balaban J connectivity index is 2.52. The van der Waals surface area contributed by atoms with Gasteiger partial charge in [-0.1, -0.05) is 0 Å². The predicted molar refractivity (Wildman–Crippen MR) is 63.8 cm³/mol. The third-order valence-corrected chi connectivity index (χ3v) is 3.81. The van der Waals surface area contributed by atoms with E-state index in [1.807, 2.05) is 0 Å². The molecular formula is C12H11BrF2O3. The SMILES string of the molecule is COc1c(F)c(Br)cc(C2(CC(=O)O)CC2)c1F. The molecule has 2 rings (SSSR count). The van der Waals surface area contributed by atoms with Crippen molar-refractivity contribution in [2.45, 2.75) is 24.7 Å². The van der Waals surface area contributed by atoms with Crippen molar-refractivity contribution in [2.24, 2.45) is 0 Å². The van der Waals surface area contributed by atoms with E-state index >= 15 is 0 Å². The summed E-state index contributed by atoms with van der Waals surface area (Å²) in [6, 6.07) is 1.31. The highest BCUT2D eigenvalue weighted by Crippen LogP contribution is 2.53. The lowest BCUT2D eigenvalue weighted by atomic mass is 9.91. The first-order valence-electron chi connectivity index (χ1n) is 5.35. The molecule has 0 spiro atoms. The van der Waals surface area contributed by atoms with Crippen LogP contribution in [0.5, 0.6) is 5.75 Å². The number of hydrogen-bond acceptors (Lipinski definition) is 2. The molecule has 3 nitrogen and oxygen atoms in total. The first-order valence-corrected chi connectivity index (χ1v) is 6.14. The molecule has 0 heterocycles. The molecule has 0 aromatic heterocycles. The van der Waals surface area contributed by atoms with Gasteiger partial charge in [-0.05, 0) is 40.4 Å². The number of methoxy groups -OCH3 is 1. The number of benzene rings is 1. The van der Waals surface area contributed by atoms with Gasteiger partial charge >= 0.3 is 5.97 Å². The van der Waals surface area contributed by atoms with Crippen molar-refractivity contribution in [1.82, 2.24) is 0 Å². The lowest BCUT2D eigenvalue weighted by molar-refractivity contribution is -0.137. The van der Waals surface area contributed by atoms with Crippen LogP contribution in [0, 0.1) is 11.6 Å². The number of carboxylic acid groups (broad SMARTS) is 1. The van der Waals surface area contributed by atoms with Crippen LogP contribution in [0.2, 0.25) is 0 Å². The quantitative estimate of drug-likeness (QED) is 0.866. The van der Waals surface area contributed by atoms with E-state index in [4.69, 9.17) is 9.84 Å². The van der Waals surface area contributed by atoms with Gasteiger partial charge in [0.1, 0.15) is 0 Å². The first kappa shape index (κ1) is 13.3. The fourth-order valence-corrected chi connectivity index (χ4v) is 2.54. The van der Waals surface area contributed by atoms with Crippen LogP contribution in [0.4, 0.5) is 8.78 Å². The van der Waals surface area contributed by atoms with Gasteiger partial charge in [-0.15, -0.1) is 0 Å². The minimum absolute atomic E-state index is 0.0763. The average molecular weight is 321 g/mol. The molecule has 0 radical (unpaired) electrons. The second-order valence-electron chi connectivity index (χ2n) is 4.42. The normalized spacial score (nSPS) is 16.4. The first-order chi connectivity index (χ1) is 8.41. The fourth-order valence-electron chi connectivity index (χ4n) is 2.13. The summed E-state index contributed by atoms with van der Waals surface area (Å²) in [6.07, 6.45) is 1.00. The summed E-state index contributed by atoms with van der Waals surface area (Å²) in [5.41, 5.74) is -0.519. The predicted octanol–water partition coefficient (Wildman–Crippen LogP) is 3.24. The molecule has 1 N–H and O–H groups in total. The Labute approximate surface area is 111 Å². The largest absolute Gasteiger partial charge is 0.491 e. The van der Waals surface area contributed by atoms with Gasteiger partial charge in [-0.25, -0.2) is 8.78 Å². The molecule has 0 amide bonds. The van der Waals surface area contributed by atoms with Gasteiger partial charge in [0.2, 0.25) is 0 Å². The number of aliphatic carboxylic acids is 1. The van der Waals surface area contributed by atoms with E-state index in [1.165, 1.54) is 13.2 Å². The Morgan fingerprint density at radius 2 is 2.11 bits per heavy atom. The van der Waals surface area contributed by atoms with Gasteiger partial charge in [0.15, 0.2) is 17.4 Å². The van der Waals surface area contributed by atoms with Crippen molar-refractivity contribution in [1.29, 1.82) is 0 Å². The molecule has 0 bridgehead atoms. The van der Waals surface area contributed by atoms with Crippen LogP contribution in [0.15, 0.2) is 10.5 Å². The highest BCUT2D eigenvalue weighted by molar-refractivity contribution is 9.10. The third-order valence-electron chi connectivity index (χ3n) is 3.23. The second kappa shape index (κ2) is 4.50. The second-order valence-corrected chi connectivity index (χ2v) is 5.27. The van der Waals surface area contributed by atoms with E-state index in [1.54, 1.807) is 0 Å². The number of rotatable bonds is 4. The maximum Gasteiger partial charge on any atom is 0.304 e. The van der Waals surface area contributed by atoms with Crippen molar-refractivity contribution in [3.63, 3.8) is 0 Å². The Morgan fingerprint density at radius 3 is 2.56 bits per heavy atom. The lowest BCUT2D eigenvalue weighted by Gasteiger charge is -2.17. The summed E-state index contributed by atoms with van der Waals surface area (Å²) in [5.74, 6) is -3.09. The van der Waals surface area contributed by atoms with Gasteiger partial charge in [0, 0.05) is 5.41 Å². The van der Waals surface area contributed by atoms with Gasteiger partial charge < -0.3 is 9.84 Å². The van der Waals surface area contributed by atoms with Crippen LogP contribution < -0.4 is 4.74 Å². The molecule has 1 aliphatic carbocycles. The van der Waals surface area contributed by atoms with Crippen molar-refractivity contribution in [2.75, 3.05) is 7.11 Å². The Morgan fingerprint density at radius 1 is 1.50 bits per heavy atom. The molecule has 0 unspecified atom stereocenters. The van der Waals surface area contributed by atoms with Crippen LogP contribution in [-0.2, 0) is 10.2 Å². The Hall–Kier alpha value is -1.17. The van der Waals surface area contributed by atoms with Crippen LogP contribution in [0.3, 0.4) is 0 Å². The zero-order valence-electron chi connectivity index (χ0n) is 9.60. The van der Waals surface area contributed by atoms with Gasteiger partial charge in [0.05, 0.1) is 18.0 Å². The maximum atomic E-state index is 14.1. The molecule has 1 aromatic carbocycles. The van der Waals surface area contributed by atoms with Gasteiger partial charge in [0.25, 0.3) is 0 Å². The summed E-state index contributed by atoms with van der Waals surface area (Å²) in [6.45, 7) is 0. The number of hydrogen-bond donors (Lipinski definition) is 1. The number of carbonyl (C=O) groups is 1. The molecule has 0 atom stereocenters. The van der Waals surface area contributed by atoms with Crippen molar-refractivity contribution in [3.8, 4) is 5.75 Å². The van der Waals surface area contributed by atoms with Gasteiger partial charge in [-0.2, -0.15) is 0 Å². The summed E-state index contributed by atoms with van der Waals surface area (Å²) in [4.78, 5) is 10.8. The maximum absolute atomic E-state index is 14.1. The smallest absolute Gasteiger partial charge is 0.304 e. The molecule has 1 saturated carbocycles. The summed E-state index contributed by atoms with van der Waals surface area (Å²) < 4.78 is 32.5. The lowest BCUT2D eigenvalue weighted by Crippen LogP contribution is -2.16. The molecule has 1 aromatic rings. The third kappa shape index (κ3) is 2.09. The van der Waals surface area contributed by atoms with E-state index in [0.29, 0.717) is 12.8 Å². The van der Waals surface area contributed by atoms with Crippen molar-refractivity contribution in [3.05, 3.63) is 27.7 Å². The minimum Gasteiger partial charge on any atom is -0.491 e. The van der Waals surface area contributed by atoms with Gasteiger partial charge in [-0.3, -0.25) is 4.79 Å². The van der Waals surface area contributed by atoms with E-state index in [-0.39, 0.29) is 16.5 Å². The van der Waals surface area contributed by atoms with Crippen LogP contribution in [-0.4, -0.2) is 18.2 Å². The molecule has 0 saturated heterocycles. The molecule has 6 heteroatoms. The van der Waals surface area contributed by atoms with Crippen molar-refractivity contribution >= 4 is 21.9 Å². The number of carboxylic acids is 1. The molecule has 1 aliphatic rings. The standard InChI is InChI=1S/C12H11BrF2O3/c1-18-11-9(14)6(4-7(13)10(11)15)12(2-3-12)5-8(16)17/h4H,2-3,5H2,1H3,(H,16,17). The summed E-state index contributed by atoms with van der Waals surface area (Å²) in [7, 11) is 1.18. The highest BCUT2D eigenvalue weighted by Gasteiger charge is 2.48. The Kier molecular flexibility index (Phi) is 3.31. The number of ether oxygens (including phenoxy) is 1. The van der Waals surface area contributed by atoms with E-state index in [0.717, 1.165) is 0 Å². The molecule has 18 heavy (non-hydrogen) atoms. The molecule has 0 aliphatic heterocycles.